The molecule has 0 radical (unpaired) electrons. The molecule has 1 saturated carbocycles. The van der Waals surface area contributed by atoms with Crippen molar-refractivity contribution < 1.29 is 0 Å². The highest BCUT2D eigenvalue weighted by atomic mass is 15.3. The quantitative estimate of drug-likeness (QED) is 0.896. The Morgan fingerprint density at radius 1 is 1.45 bits per heavy atom. The van der Waals surface area contributed by atoms with E-state index in [9.17, 15) is 0 Å². The lowest BCUT2D eigenvalue weighted by Gasteiger charge is -2.38. The minimum atomic E-state index is 0.503. The summed E-state index contributed by atoms with van der Waals surface area (Å²) in [6, 6.07) is 4.01. The fraction of sp³-hybridized carbons (Fsp3) is 0.812. The molecule has 1 N–H and O–H groups in total. The van der Waals surface area contributed by atoms with E-state index in [-0.39, 0.29) is 0 Å². The Morgan fingerprint density at radius 2 is 2.25 bits per heavy atom. The monoisotopic (exact) mass is 276 g/mol. The molecule has 20 heavy (non-hydrogen) atoms. The third-order valence-corrected chi connectivity index (χ3v) is 4.99. The van der Waals surface area contributed by atoms with E-state index in [0.29, 0.717) is 18.1 Å². The van der Waals surface area contributed by atoms with Gasteiger partial charge in [0.05, 0.1) is 5.69 Å². The van der Waals surface area contributed by atoms with Crippen molar-refractivity contribution in [3.05, 3.63) is 18.0 Å². The average Bonchev–Trinajstić information content (AvgIpc) is 3.20. The second-order valence-electron chi connectivity index (χ2n) is 6.67. The second kappa shape index (κ2) is 5.86. The second-order valence-corrected chi connectivity index (χ2v) is 6.67. The van der Waals surface area contributed by atoms with Crippen LogP contribution in [0.4, 0.5) is 0 Å². The van der Waals surface area contributed by atoms with Crippen LogP contribution in [0.1, 0.15) is 51.8 Å². The van der Waals surface area contributed by atoms with E-state index in [1.54, 1.807) is 0 Å². The highest BCUT2D eigenvalue weighted by molar-refractivity contribution is 5.02. The predicted octanol–water partition coefficient (Wildman–Crippen LogP) is 2.43. The highest BCUT2D eigenvalue weighted by Crippen LogP contribution is 2.34. The number of nitrogens with one attached hydrogen (secondary N) is 1. The van der Waals surface area contributed by atoms with Gasteiger partial charge in [0.1, 0.15) is 0 Å². The topological polar surface area (TPSA) is 33.1 Å². The first kappa shape index (κ1) is 14.1. The first-order valence-corrected chi connectivity index (χ1v) is 8.18. The third kappa shape index (κ3) is 3.07. The minimum absolute atomic E-state index is 0.503. The van der Waals surface area contributed by atoms with Gasteiger partial charge in [-0.2, -0.15) is 5.10 Å². The Balaban J connectivity index is 1.61. The van der Waals surface area contributed by atoms with Crippen LogP contribution in [0.25, 0.3) is 0 Å². The minimum Gasteiger partial charge on any atom is -0.311 e. The highest BCUT2D eigenvalue weighted by Gasteiger charge is 2.36. The van der Waals surface area contributed by atoms with Crippen LogP contribution in [-0.4, -0.2) is 39.9 Å². The van der Waals surface area contributed by atoms with E-state index in [2.05, 4.69) is 47.9 Å². The molecular formula is C16H28N4. The first-order chi connectivity index (χ1) is 9.67. The van der Waals surface area contributed by atoms with Gasteiger partial charge in [0.2, 0.25) is 0 Å². The van der Waals surface area contributed by atoms with Gasteiger partial charge in [-0.3, -0.25) is 9.58 Å². The zero-order valence-electron chi connectivity index (χ0n) is 13.0. The Hall–Kier alpha value is -0.870. The smallest absolute Gasteiger partial charge is 0.0765 e. The SMILES string of the molecule is CCC(C)n1ccc(CN2CC(C3CC3)NCC2C)n1. The molecule has 1 aromatic rings. The zero-order chi connectivity index (χ0) is 14.1. The van der Waals surface area contributed by atoms with Crippen molar-refractivity contribution in [3.8, 4) is 0 Å². The number of nitrogens with zero attached hydrogens (tertiary/aromatic N) is 3. The van der Waals surface area contributed by atoms with E-state index >= 15 is 0 Å². The number of rotatable bonds is 5. The number of hydrogen-bond acceptors (Lipinski definition) is 3. The Labute approximate surface area is 122 Å². The summed E-state index contributed by atoms with van der Waals surface area (Å²) in [7, 11) is 0. The molecule has 4 heteroatoms. The van der Waals surface area contributed by atoms with Crippen LogP contribution in [0, 0.1) is 5.92 Å². The molecule has 4 nitrogen and oxygen atoms in total. The molecule has 1 aliphatic carbocycles. The summed E-state index contributed by atoms with van der Waals surface area (Å²) in [6.45, 7) is 10.1. The van der Waals surface area contributed by atoms with Gasteiger partial charge in [-0.15, -0.1) is 0 Å². The summed E-state index contributed by atoms with van der Waals surface area (Å²) in [5.41, 5.74) is 1.22. The van der Waals surface area contributed by atoms with Gasteiger partial charge in [0, 0.05) is 44.0 Å². The molecule has 2 heterocycles. The Morgan fingerprint density at radius 3 is 2.95 bits per heavy atom. The molecule has 2 aliphatic rings. The van der Waals surface area contributed by atoms with Crippen molar-refractivity contribution in [1.29, 1.82) is 0 Å². The fourth-order valence-corrected chi connectivity index (χ4v) is 3.09. The molecular weight excluding hydrogens is 248 g/mol. The van der Waals surface area contributed by atoms with Crippen molar-refractivity contribution in [2.24, 2.45) is 5.92 Å². The van der Waals surface area contributed by atoms with Gasteiger partial charge in [0.25, 0.3) is 0 Å². The summed E-state index contributed by atoms with van der Waals surface area (Å²) >= 11 is 0. The number of piperazine rings is 1. The van der Waals surface area contributed by atoms with Crippen LogP contribution < -0.4 is 5.32 Å². The Kier molecular flexibility index (Phi) is 4.13. The number of hydrogen-bond donors (Lipinski definition) is 1. The zero-order valence-corrected chi connectivity index (χ0v) is 13.0. The van der Waals surface area contributed by atoms with Crippen molar-refractivity contribution >= 4 is 0 Å². The van der Waals surface area contributed by atoms with E-state index in [0.717, 1.165) is 25.4 Å². The van der Waals surface area contributed by atoms with Crippen LogP contribution in [-0.2, 0) is 6.54 Å². The molecule has 0 amide bonds. The van der Waals surface area contributed by atoms with Gasteiger partial charge in [-0.1, -0.05) is 6.92 Å². The van der Waals surface area contributed by atoms with Crippen molar-refractivity contribution in [2.45, 2.75) is 64.7 Å². The summed E-state index contributed by atoms with van der Waals surface area (Å²) < 4.78 is 2.11. The fourth-order valence-electron chi connectivity index (χ4n) is 3.09. The molecule has 2 fully saturated rings. The van der Waals surface area contributed by atoms with Gasteiger partial charge < -0.3 is 5.32 Å². The van der Waals surface area contributed by atoms with E-state index < -0.39 is 0 Å². The lowest BCUT2D eigenvalue weighted by Crippen LogP contribution is -2.55. The molecule has 0 spiro atoms. The average molecular weight is 276 g/mol. The molecule has 1 saturated heterocycles. The normalized spacial score (nSPS) is 29.6. The van der Waals surface area contributed by atoms with E-state index in [4.69, 9.17) is 5.10 Å². The van der Waals surface area contributed by atoms with Crippen LogP contribution in [0.5, 0.6) is 0 Å². The maximum Gasteiger partial charge on any atom is 0.0765 e. The van der Waals surface area contributed by atoms with Gasteiger partial charge >= 0.3 is 0 Å². The predicted molar refractivity (Wildman–Crippen MR) is 81.6 cm³/mol. The standard InChI is InChI=1S/C16H28N4/c1-4-12(2)20-8-7-15(18-20)10-19-11-16(14-5-6-14)17-9-13(19)3/h7-8,12-14,16-17H,4-6,9-11H2,1-3H3. The van der Waals surface area contributed by atoms with Crippen LogP contribution in [0.15, 0.2) is 12.3 Å². The van der Waals surface area contributed by atoms with Crippen molar-refractivity contribution in [3.63, 3.8) is 0 Å². The maximum atomic E-state index is 4.75. The number of aromatic nitrogens is 2. The largest absolute Gasteiger partial charge is 0.311 e. The van der Waals surface area contributed by atoms with Gasteiger partial charge in [-0.05, 0) is 45.1 Å². The van der Waals surface area contributed by atoms with Crippen LogP contribution in [0.2, 0.25) is 0 Å². The summed E-state index contributed by atoms with van der Waals surface area (Å²) in [5, 5.41) is 8.46. The molecule has 3 unspecified atom stereocenters. The maximum absolute atomic E-state index is 4.75. The lowest BCUT2D eigenvalue weighted by atomic mass is 10.1. The van der Waals surface area contributed by atoms with Gasteiger partial charge in [0.15, 0.2) is 0 Å². The van der Waals surface area contributed by atoms with Crippen molar-refractivity contribution in [2.75, 3.05) is 13.1 Å². The Bertz CT molecular complexity index is 437. The molecule has 3 atom stereocenters. The van der Waals surface area contributed by atoms with Gasteiger partial charge in [-0.25, -0.2) is 0 Å². The molecule has 0 aromatic carbocycles. The first-order valence-electron chi connectivity index (χ1n) is 8.18. The van der Waals surface area contributed by atoms with Crippen LogP contribution >= 0.6 is 0 Å². The van der Waals surface area contributed by atoms with E-state index in [1.165, 1.54) is 25.1 Å². The molecule has 1 aromatic heterocycles. The molecule has 1 aliphatic heterocycles. The molecule has 3 rings (SSSR count). The summed E-state index contributed by atoms with van der Waals surface area (Å²) in [5.74, 6) is 0.933. The van der Waals surface area contributed by atoms with E-state index in [1.807, 2.05) is 0 Å². The third-order valence-electron chi connectivity index (χ3n) is 4.99. The molecule has 112 valence electrons. The lowest BCUT2D eigenvalue weighted by molar-refractivity contribution is 0.123. The summed E-state index contributed by atoms with van der Waals surface area (Å²) in [4.78, 5) is 2.60. The van der Waals surface area contributed by atoms with Crippen LogP contribution in [0.3, 0.4) is 0 Å². The van der Waals surface area contributed by atoms with Crippen molar-refractivity contribution in [1.82, 2.24) is 20.0 Å². The molecule has 0 bridgehead atoms. The summed E-state index contributed by atoms with van der Waals surface area (Å²) in [6.07, 6.45) is 6.11.